The molecular weight excluding hydrogens is 502 g/mol. The highest BCUT2D eigenvalue weighted by molar-refractivity contribution is 5.86. The maximum atomic E-state index is 12.7. The second-order valence-electron chi connectivity index (χ2n) is 10.7. The highest BCUT2D eigenvalue weighted by atomic mass is 16.6. The molecule has 0 bridgehead atoms. The third-order valence-corrected chi connectivity index (χ3v) is 5.83. The van der Waals surface area contributed by atoms with Gasteiger partial charge in [0.25, 0.3) is 0 Å². The highest BCUT2D eigenvalue weighted by Crippen LogP contribution is 2.25. The fourth-order valence-electron chi connectivity index (χ4n) is 3.96. The Labute approximate surface area is 229 Å². The lowest BCUT2D eigenvalue weighted by molar-refractivity contribution is -0.124. The molecule has 2 heterocycles. The van der Waals surface area contributed by atoms with E-state index >= 15 is 0 Å². The van der Waals surface area contributed by atoms with Crippen molar-refractivity contribution in [2.24, 2.45) is 5.92 Å². The Balaban J connectivity index is 1.55. The van der Waals surface area contributed by atoms with Gasteiger partial charge in [0.05, 0.1) is 17.6 Å². The minimum Gasteiger partial charge on any atom is -0.491 e. The van der Waals surface area contributed by atoms with Crippen molar-refractivity contribution in [1.29, 1.82) is 0 Å². The van der Waals surface area contributed by atoms with E-state index in [4.69, 9.17) is 19.2 Å². The van der Waals surface area contributed by atoms with Gasteiger partial charge in [0.2, 0.25) is 11.6 Å². The smallest absolute Gasteiger partial charge is 0.408 e. The van der Waals surface area contributed by atoms with Crippen molar-refractivity contribution in [2.75, 3.05) is 38.7 Å². The Morgan fingerprint density at radius 1 is 1.08 bits per heavy atom. The van der Waals surface area contributed by atoms with E-state index in [0.717, 1.165) is 29.7 Å². The number of hydrogen-bond donors (Lipinski definition) is 3. The van der Waals surface area contributed by atoms with Crippen molar-refractivity contribution in [3.63, 3.8) is 0 Å². The lowest BCUT2D eigenvalue weighted by atomic mass is 10.0. The Hall–Kier alpha value is -3.67. The molecule has 12 heteroatoms. The standard InChI is InChI=1S/C27H41N7O5/c1-17(2)22(31-26(36)39-27(4,5)6)25(35)29-13-9-8-12-28-23-24-33-32-18(3)34(24)21-11-10-19(16-20(21)30-23)38-15-14-37-7/h10-11,16-17,22H,8-9,12-15H2,1-7H3,(H,28,30)(H,29,35)(H,31,36). The molecule has 0 aliphatic carbocycles. The molecule has 3 N–H and O–H groups in total. The van der Waals surface area contributed by atoms with Crippen LogP contribution in [0.15, 0.2) is 18.2 Å². The number of amides is 2. The van der Waals surface area contributed by atoms with Gasteiger partial charge in [-0.2, -0.15) is 0 Å². The van der Waals surface area contributed by atoms with E-state index in [1.54, 1.807) is 27.9 Å². The summed E-state index contributed by atoms with van der Waals surface area (Å²) >= 11 is 0. The summed E-state index contributed by atoms with van der Waals surface area (Å²) in [5, 5.41) is 17.5. The molecule has 2 aromatic heterocycles. The zero-order chi connectivity index (χ0) is 28.6. The number of hydrogen-bond acceptors (Lipinski definition) is 9. The van der Waals surface area contributed by atoms with Gasteiger partial charge in [-0.05, 0) is 58.6 Å². The van der Waals surface area contributed by atoms with Gasteiger partial charge < -0.3 is 30.2 Å². The maximum absolute atomic E-state index is 12.7. The summed E-state index contributed by atoms with van der Waals surface area (Å²) in [6, 6.07) is 5.06. The molecule has 3 aromatic rings. The number of carbonyl (C=O) groups is 2. The van der Waals surface area contributed by atoms with Gasteiger partial charge in [0.15, 0.2) is 5.82 Å². The number of rotatable bonds is 13. The minimum absolute atomic E-state index is 0.0851. The second kappa shape index (κ2) is 13.4. The average molecular weight is 544 g/mol. The van der Waals surface area contributed by atoms with Gasteiger partial charge in [-0.1, -0.05) is 13.8 Å². The van der Waals surface area contributed by atoms with Crippen LogP contribution in [0.25, 0.3) is 16.7 Å². The molecule has 0 fully saturated rings. The van der Waals surface area contributed by atoms with Crippen molar-refractivity contribution in [3.05, 3.63) is 24.0 Å². The first-order valence-electron chi connectivity index (χ1n) is 13.3. The fraction of sp³-hybridized carbons (Fsp3) is 0.593. The van der Waals surface area contributed by atoms with Crippen LogP contribution < -0.4 is 20.7 Å². The summed E-state index contributed by atoms with van der Waals surface area (Å²) in [6.45, 7) is 13.1. The van der Waals surface area contributed by atoms with E-state index in [0.29, 0.717) is 43.5 Å². The summed E-state index contributed by atoms with van der Waals surface area (Å²) in [7, 11) is 1.63. The van der Waals surface area contributed by atoms with Gasteiger partial charge in [0, 0.05) is 26.3 Å². The fourth-order valence-corrected chi connectivity index (χ4v) is 3.96. The number of aryl methyl sites for hydroxylation is 1. The van der Waals surface area contributed by atoms with Crippen LogP contribution >= 0.6 is 0 Å². The first-order chi connectivity index (χ1) is 18.5. The van der Waals surface area contributed by atoms with Crippen molar-refractivity contribution >= 4 is 34.5 Å². The summed E-state index contributed by atoms with van der Waals surface area (Å²) in [5.74, 6) is 1.78. The quantitative estimate of drug-likeness (QED) is 0.276. The Kier molecular flexibility index (Phi) is 10.3. The van der Waals surface area contributed by atoms with Crippen LogP contribution in [0.2, 0.25) is 0 Å². The number of ether oxygens (including phenoxy) is 3. The van der Waals surface area contributed by atoms with Crippen molar-refractivity contribution in [1.82, 2.24) is 30.2 Å². The zero-order valence-electron chi connectivity index (χ0n) is 24.0. The molecule has 2 amide bonds. The predicted molar refractivity (Wildman–Crippen MR) is 149 cm³/mol. The van der Waals surface area contributed by atoms with E-state index in [-0.39, 0.29) is 11.8 Å². The molecule has 39 heavy (non-hydrogen) atoms. The Morgan fingerprint density at radius 2 is 1.82 bits per heavy atom. The number of anilines is 1. The molecule has 0 radical (unpaired) electrons. The van der Waals surface area contributed by atoms with Crippen LogP contribution in [-0.2, 0) is 14.3 Å². The Bertz CT molecular complexity index is 1270. The van der Waals surface area contributed by atoms with Gasteiger partial charge in [0.1, 0.15) is 29.8 Å². The number of nitrogens with one attached hydrogen (secondary N) is 3. The Morgan fingerprint density at radius 3 is 2.51 bits per heavy atom. The van der Waals surface area contributed by atoms with Crippen molar-refractivity contribution in [2.45, 2.75) is 66.0 Å². The molecule has 12 nitrogen and oxygen atoms in total. The van der Waals surface area contributed by atoms with Crippen LogP contribution in [0.1, 0.15) is 53.3 Å². The van der Waals surface area contributed by atoms with Gasteiger partial charge in [-0.3, -0.25) is 9.20 Å². The van der Waals surface area contributed by atoms with Crippen LogP contribution in [0.5, 0.6) is 5.75 Å². The largest absolute Gasteiger partial charge is 0.491 e. The van der Waals surface area contributed by atoms with E-state index in [1.807, 2.05) is 43.4 Å². The number of alkyl carbamates (subject to hydrolysis) is 1. The van der Waals surface area contributed by atoms with E-state index in [9.17, 15) is 9.59 Å². The molecule has 0 aliphatic rings. The number of aromatic nitrogens is 4. The van der Waals surface area contributed by atoms with Crippen LogP contribution in [-0.4, -0.2) is 76.6 Å². The summed E-state index contributed by atoms with van der Waals surface area (Å²) in [4.78, 5) is 29.6. The molecule has 1 aromatic carbocycles. The monoisotopic (exact) mass is 543 g/mol. The highest BCUT2D eigenvalue weighted by Gasteiger charge is 2.26. The van der Waals surface area contributed by atoms with Crippen LogP contribution in [0.3, 0.4) is 0 Å². The van der Waals surface area contributed by atoms with E-state index in [2.05, 4.69) is 26.1 Å². The van der Waals surface area contributed by atoms with E-state index in [1.165, 1.54) is 0 Å². The number of carbonyl (C=O) groups excluding carboxylic acids is 2. The van der Waals surface area contributed by atoms with Crippen molar-refractivity contribution in [3.8, 4) is 5.75 Å². The number of benzene rings is 1. The maximum Gasteiger partial charge on any atom is 0.408 e. The van der Waals surface area contributed by atoms with Gasteiger partial charge in [-0.15, -0.1) is 10.2 Å². The average Bonchev–Trinajstić information content (AvgIpc) is 3.25. The van der Waals surface area contributed by atoms with Crippen LogP contribution in [0.4, 0.5) is 10.6 Å². The van der Waals surface area contributed by atoms with Crippen molar-refractivity contribution < 1.29 is 23.8 Å². The molecular formula is C27H41N7O5. The molecule has 0 spiro atoms. The van der Waals surface area contributed by atoms with E-state index < -0.39 is 17.7 Å². The first-order valence-corrected chi connectivity index (χ1v) is 13.3. The summed E-state index contributed by atoms with van der Waals surface area (Å²) in [5.41, 5.74) is 1.66. The molecule has 3 rings (SSSR count). The topological polar surface area (TPSA) is 141 Å². The predicted octanol–water partition coefficient (Wildman–Crippen LogP) is 3.47. The van der Waals surface area contributed by atoms with Crippen LogP contribution in [0, 0.1) is 12.8 Å². The molecule has 0 saturated carbocycles. The second-order valence-corrected chi connectivity index (χ2v) is 10.7. The summed E-state index contributed by atoms with van der Waals surface area (Å²) < 4.78 is 18.1. The normalized spacial score (nSPS) is 12.5. The molecule has 214 valence electrons. The van der Waals surface area contributed by atoms with Gasteiger partial charge in [-0.25, -0.2) is 9.78 Å². The number of unbranched alkanes of at least 4 members (excludes halogenated alkanes) is 1. The zero-order valence-corrected chi connectivity index (χ0v) is 24.0. The molecule has 1 atom stereocenters. The first kappa shape index (κ1) is 29.9. The minimum atomic E-state index is -0.674. The molecule has 0 aliphatic heterocycles. The number of methoxy groups -OCH3 is 1. The lowest BCUT2D eigenvalue weighted by Crippen LogP contribution is -2.51. The molecule has 0 saturated heterocycles. The number of fused-ring (bicyclic) bond motifs is 3. The molecule has 1 unspecified atom stereocenters. The number of nitrogens with zero attached hydrogens (tertiary/aromatic N) is 4. The van der Waals surface area contributed by atoms with Gasteiger partial charge >= 0.3 is 6.09 Å². The lowest BCUT2D eigenvalue weighted by Gasteiger charge is -2.25. The SMILES string of the molecule is COCCOc1ccc2c(c1)nc(NCCCCNC(=O)C(NC(=O)OC(C)(C)C)C(C)C)c1nnc(C)n12. The summed E-state index contributed by atoms with van der Waals surface area (Å²) in [6.07, 6.45) is 0.918. The third kappa shape index (κ3) is 8.41. The third-order valence-electron chi connectivity index (χ3n) is 5.83.